The molecule has 5 aromatic rings. The molecule has 0 aliphatic rings. The Labute approximate surface area is 162 Å². The van der Waals surface area contributed by atoms with E-state index < -0.39 is 0 Å². The van der Waals surface area contributed by atoms with E-state index >= 15 is 0 Å². The molecule has 28 heavy (non-hydrogen) atoms. The highest BCUT2D eigenvalue weighted by atomic mass is 16.4. The minimum atomic E-state index is 0.489. The van der Waals surface area contributed by atoms with Crippen molar-refractivity contribution in [3.63, 3.8) is 0 Å². The number of rotatable bonds is 5. The highest BCUT2D eigenvalue weighted by molar-refractivity contribution is 5.76. The normalized spacial score (nSPS) is 11.1. The number of imidazole rings is 1. The van der Waals surface area contributed by atoms with Gasteiger partial charge in [0.25, 0.3) is 0 Å². The molecule has 3 aromatic carbocycles. The van der Waals surface area contributed by atoms with Gasteiger partial charge in [-0.15, -0.1) is 10.2 Å². The number of hydrogen-bond donors (Lipinski definition) is 0. The van der Waals surface area contributed by atoms with Crippen LogP contribution in [0.15, 0.2) is 89.3 Å². The van der Waals surface area contributed by atoms with Crippen LogP contribution in [0.4, 0.5) is 0 Å². The highest BCUT2D eigenvalue weighted by Crippen LogP contribution is 2.22. The molecule has 2 heterocycles. The van der Waals surface area contributed by atoms with Crippen molar-refractivity contribution in [1.29, 1.82) is 0 Å². The van der Waals surface area contributed by atoms with E-state index in [1.165, 1.54) is 5.56 Å². The fourth-order valence-electron chi connectivity index (χ4n) is 3.37. The number of nitrogens with zero attached hydrogens (tertiary/aromatic N) is 4. The zero-order valence-corrected chi connectivity index (χ0v) is 15.2. The van der Waals surface area contributed by atoms with Crippen LogP contribution in [-0.2, 0) is 13.0 Å². The lowest BCUT2D eigenvalue weighted by Crippen LogP contribution is -2.06. The monoisotopic (exact) mass is 366 g/mol. The van der Waals surface area contributed by atoms with Crippen LogP contribution >= 0.6 is 0 Å². The molecule has 0 radical (unpaired) electrons. The van der Waals surface area contributed by atoms with Crippen LogP contribution in [0.25, 0.3) is 22.5 Å². The Kier molecular flexibility index (Phi) is 4.18. The van der Waals surface area contributed by atoms with Crippen LogP contribution < -0.4 is 0 Å². The molecule has 0 bridgehead atoms. The standard InChI is InChI=1S/C23H18N4O/c1-3-9-17(10-4-1)15-21-24-19-13-7-8-14-20(19)27(21)16-22-25-26-23(28-22)18-11-5-2-6-12-18/h1-14H,15-16H2. The van der Waals surface area contributed by atoms with Gasteiger partial charge in [0.05, 0.1) is 11.0 Å². The summed E-state index contributed by atoms with van der Waals surface area (Å²) in [6, 6.07) is 28.3. The number of benzene rings is 3. The molecule has 5 heteroatoms. The molecule has 2 aromatic heterocycles. The van der Waals surface area contributed by atoms with E-state index in [4.69, 9.17) is 9.40 Å². The number of fused-ring (bicyclic) bond motifs is 1. The second-order valence-electron chi connectivity index (χ2n) is 6.63. The van der Waals surface area contributed by atoms with E-state index in [0.717, 1.165) is 28.8 Å². The number of para-hydroxylation sites is 2. The summed E-state index contributed by atoms with van der Waals surface area (Å²) in [6.45, 7) is 0.489. The molecule has 0 fully saturated rings. The van der Waals surface area contributed by atoms with Crippen molar-refractivity contribution in [2.45, 2.75) is 13.0 Å². The largest absolute Gasteiger partial charge is 0.419 e. The van der Waals surface area contributed by atoms with Gasteiger partial charge in [-0.05, 0) is 29.8 Å². The van der Waals surface area contributed by atoms with Gasteiger partial charge in [0.2, 0.25) is 11.8 Å². The van der Waals surface area contributed by atoms with Crippen LogP contribution in [0.2, 0.25) is 0 Å². The average Bonchev–Trinajstić information content (AvgIpc) is 3.35. The van der Waals surface area contributed by atoms with Crippen molar-refractivity contribution >= 4 is 11.0 Å². The van der Waals surface area contributed by atoms with E-state index in [1.54, 1.807) is 0 Å². The molecule has 0 aliphatic carbocycles. The quantitative estimate of drug-likeness (QED) is 0.451. The summed E-state index contributed by atoms with van der Waals surface area (Å²) in [6.07, 6.45) is 0.745. The van der Waals surface area contributed by atoms with E-state index in [0.29, 0.717) is 18.3 Å². The van der Waals surface area contributed by atoms with Gasteiger partial charge in [0.15, 0.2) is 0 Å². The van der Waals surface area contributed by atoms with E-state index in [9.17, 15) is 0 Å². The zero-order chi connectivity index (χ0) is 18.8. The first-order valence-corrected chi connectivity index (χ1v) is 9.23. The third-order valence-electron chi connectivity index (χ3n) is 4.72. The molecule has 5 nitrogen and oxygen atoms in total. The van der Waals surface area contributed by atoms with Gasteiger partial charge < -0.3 is 8.98 Å². The van der Waals surface area contributed by atoms with Gasteiger partial charge in [-0.1, -0.05) is 60.7 Å². The molecular weight excluding hydrogens is 348 g/mol. The van der Waals surface area contributed by atoms with E-state index in [2.05, 4.69) is 33.0 Å². The summed E-state index contributed by atoms with van der Waals surface area (Å²) in [4.78, 5) is 4.84. The molecule has 0 spiro atoms. The molecule has 0 aliphatic heterocycles. The van der Waals surface area contributed by atoms with Gasteiger partial charge >= 0.3 is 0 Å². The Morgan fingerprint density at radius 2 is 1.46 bits per heavy atom. The maximum atomic E-state index is 5.93. The predicted octanol–water partition coefficient (Wildman–Crippen LogP) is 4.73. The van der Waals surface area contributed by atoms with Crippen molar-refractivity contribution in [2.24, 2.45) is 0 Å². The van der Waals surface area contributed by atoms with Gasteiger partial charge in [-0.25, -0.2) is 4.98 Å². The summed E-state index contributed by atoms with van der Waals surface area (Å²) < 4.78 is 8.08. The molecule has 0 atom stereocenters. The van der Waals surface area contributed by atoms with Crippen molar-refractivity contribution in [1.82, 2.24) is 19.7 Å². The second-order valence-corrected chi connectivity index (χ2v) is 6.63. The topological polar surface area (TPSA) is 56.7 Å². The van der Waals surface area contributed by atoms with Gasteiger partial charge in [0, 0.05) is 12.0 Å². The first-order valence-electron chi connectivity index (χ1n) is 9.23. The Morgan fingerprint density at radius 1 is 0.750 bits per heavy atom. The fourth-order valence-corrected chi connectivity index (χ4v) is 3.37. The molecule has 136 valence electrons. The first kappa shape index (κ1) is 16.4. The smallest absolute Gasteiger partial charge is 0.247 e. The van der Waals surface area contributed by atoms with Gasteiger partial charge in [-0.3, -0.25) is 0 Å². The fraction of sp³-hybridized carbons (Fsp3) is 0.0870. The Balaban J connectivity index is 1.51. The molecule has 0 amide bonds. The number of aromatic nitrogens is 4. The van der Waals surface area contributed by atoms with Crippen molar-refractivity contribution in [3.05, 3.63) is 102 Å². The maximum absolute atomic E-state index is 5.93. The Bertz CT molecular complexity index is 1210. The minimum absolute atomic E-state index is 0.489. The van der Waals surface area contributed by atoms with E-state index in [1.807, 2.05) is 66.7 Å². The number of hydrogen-bond acceptors (Lipinski definition) is 4. The third kappa shape index (κ3) is 3.18. The summed E-state index contributed by atoms with van der Waals surface area (Å²) in [5.41, 5.74) is 4.17. The highest BCUT2D eigenvalue weighted by Gasteiger charge is 2.15. The molecule has 5 rings (SSSR count). The van der Waals surface area contributed by atoms with Crippen molar-refractivity contribution in [3.8, 4) is 11.5 Å². The second kappa shape index (κ2) is 7.12. The summed E-state index contributed by atoms with van der Waals surface area (Å²) >= 11 is 0. The lowest BCUT2D eigenvalue weighted by Gasteiger charge is -2.07. The molecule has 0 unspecified atom stereocenters. The SMILES string of the molecule is c1ccc(Cc2nc3ccccc3n2Cc2nnc(-c3ccccc3)o2)cc1. The summed E-state index contributed by atoms with van der Waals surface area (Å²) in [5, 5.41) is 8.47. The maximum Gasteiger partial charge on any atom is 0.247 e. The third-order valence-corrected chi connectivity index (χ3v) is 4.72. The van der Waals surface area contributed by atoms with Crippen LogP contribution in [0.5, 0.6) is 0 Å². The summed E-state index contributed by atoms with van der Waals surface area (Å²) in [7, 11) is 0. The minimum Gasteiger partial charge on any atom is -0.419 e. The van der Waals surface area contributed by atoms with Crippen molar-refractivity contribution in [2.75, 3.05) is 0 Å². The van der Waals surface area contributed by atoms with Crippen LogP contribution in [-0.4, -0.2) is 19.7 Å². The van der Waals surface area contributed by atoms with Crippen LogP contribution in [0, 0.1) is 0 Å². The molecule has 0 N–H and O–H groups in total. The molecule has 0 saturated heterocycles. The van der Waals surface area contributed by atoms with Crippen molar-refractivity contribution < 1.29 is 4.42 Å². The van der Waals surface area contributed by atoms with Gasteiger partial charge in [-0.2, -0.15) is 0 Å². The Morgan fingerprint density at radius 3 is 2.29 bits per heavy atom. The predicted molar refractivity (Wildman–Crippen MR) is 108 cm³/mol. The average molecular weight is 366 g/mol. The van der Waals surface area contributed by atoms with E-state index in [-0.39, 0.29) is 0 Å². The lowest BCUT2D eigenvalue weighted by molar-refractivity contribution is 0.487. The zero-order valence-electron chi connectivity index (χ0n) is 15.2. The van der Waals surface area contributed by atoms with Gasteiger partial charge in [0.1, 0.15) is 12.4 Å². The summed E-state index contributed by atoms with van der Waals surface area (Å²) in [5.74, 6) is 2.08. The first-order chi connectivity index (χ1) is 13.9. The molecular formula is C23H18N4O. The molecule has 0 saturated carbocycles. The van der Waals surface area contributed by atoms with Crippen LogP contribution in [0.1, 0.15) is 17.3 Å². The van der Waals surface area contributed by atoms with Crippen LogP contribution in [0.3, 0.4) is 0 Å². The Hall–Kier alpha value is -3.73. The lowest BCUT2D eigenvalue weighted by atomic mass is 10.1.